The zero-order valence-corrected chi connectivity index (χ0v) is 19.6. The maximum absolute atomic E-state index is 13.0. The molecule has 33 heavy (non-hydrogen) atoms. The average molecular weight is 468 g/mol. The summed E-state index contributed by atoms with van der Waals surface area (Å²) in [5.74, 6) is -1.05. The molecule has 1 amide bonds. The average Bonchev–Trinajstić information content (AvgIpc) is 2.74. The molecule has 0 radical (unpaired) electrons. The lowest BCUT2D eigenvalue weighted by Gasteiger charge is -2.13. The summed E-state index contributed by atoms with van der Waals surface area (Å²) in [6.07, 6.45) is 0. The highest BCUT2D eigenvalue weighted by molar-refractivity contribution is 7.92. The standard InChI is InChI=1S/C24H25N3O5S/c1-5-32-24(29)20-11-12-21(25-17(20)4)23(28)26-18-10-9-16(3)22(14-18)33(30,31)27-19-8-6-7-15(2)13-19/h6-14,27H,5H2,1-4H3,(H,26,28). The second-order valence-electron chi connectivity index (χ2n) is 7.46. The zero-order valence-electron chi connectivity index (χ0n) is 18.8. The molecule has 0 saturated carbocycles. The Morgan fingerprint density at radius 3 is 2.39 bits per heavy atom. The van der Waals surface area contributed by atoms with Gasteiger partial charge in [0.1, 0.15) is 5.69 Å². The van der Waals surface area contributed by atoms with E-state index in [1.807, 2.05) is 13.0 Å². The third kappa shape index (κ3) is 5.75. The van der Waals surface area contributed by atoms with Crippen LogP contribution in [0.3, 0.4) is 0 Å². The Bertz CT molecular complexity index is 1320. The Hall–Kier alpha value is -3.72. The second kappa shape index (κ2) is 9.83. The van der Waals surface area contributed by atoms with Crippen molar-refractivity contribution in [2.75, 3.05) is 16.6 Å². The molecule has 0 unspecified atom stereocenters. The number of nitrogens with one attached hydrogen (secondary N) is 2. The van der Waals surface area contributed by atoms with Crippen molar-refractivity contribution in [3.63, 3.8) is 0 Å². The quantitative estimate of drug-likeness (QED) is 0.503. The first kappa shape index (κ1) is 23.9. The van der Waals surface area contributed by atoms with Crippen LogP contribution in [-0.2, 0) is 14.8 Å². The van der Waals surface area contributed by atoms with E-state index < -0.39 is 21.9 Å². The number of aryl methyl sites for hydroxylation is 3. The normalized spacial score (nSPS) is 11.0. The summed E-state index contributed by atoms with van der Waals surface area (Å²) < 4.78 is 33.5. The van der Waals surface area contributed by atoms with Crippen LogP contribution in [0.15, 0.2) is 59.5 Å². The van der Waals surface area contributed by atoms with Crippen molar-refractivity contribution >= 4 is 33.3 Å². The lowest BCUT2D eigenvalue weighted by molar-refractivity contribution is 0.0524. The number of hydrogen-bond donors (Lipinski definition) is 2. The fraction of sp³-hybridized carbons (Fsp3) is 0.208. The zero-order chi connectivity index (χ0) is 24.2. The molecule has 2 N–H and O–H groups in total. The van der Waals surface area contributed by atoms with Crippen LogP contribution in [0.1, 0.15) is 44.6 Å². The van der Waals surface area contributed by atoms with Crippen molar-refractivity contribution in [1.29, 1.82) is 0 Å². The summed E-state index contributed by atoms with van der Waals surface area (Å²) in [7, 11) is -3.88. The lowest BCUT2D eigenvalue weighted by Crippen LogP contribution is -2.18. The van der Waals surface area contributed by atoms with Crippen LogP contribution in [-0.4, -0.2) is 31.9 Å². The number of amides is 1. The minimum Gasteiger partial charge on any atom is -0.462 e. The predicted molar refractivity (Wildman–Crippen MR) is 126 cm³/mol. The van der Waals surface area contributed by atoms with Crippen molar-refractivity contribution < 1.29 is 22.7 Å². The Labute approximate surface area is 193 Å². The van der Waals surface area contributed by atoms with Crippen LogP contribution in [0.5, 0.6) is 0 Å². The van der Waals surface area contributed by atoms with Gasteiger partial charge in [0.25, 0.3) is 15.9 Å². The molecular formula is C24H25N3O5S. The van der Waals surface area contributed by atoms with Crippen molar-refractivity contribution in [2.45, 2.75) is 32.6 Å². The minimum atomic E-state index is -3.88. The largest absolute Gasteiger partial charge is 0.462 e. The molecule has 8 nitrogen and oxygen atoms in total. The summed E-state index contributed by atoms with van der Waals surface area (Å²) in [5.41, 5.74) is 2.92. The topological polar surface area (TPSA) is 114 Å². The molecule has 3 rings (SSSR count). The van der Waals surface area contributed by atoms with E-state index in [-0.39, 0.29) is 22.8 Å². The van der Waals surface area contributed by atoms with Gasteiger partial charge in [-0.25, -0.2) is 18.2 Å². The molecular weight excluding hydrogens is 442 g/mol. The Morgan fingerprint density at radius 2 is 1.73 bits per heavy atom. The molecule has 0 atom stereocenters. The van der Waals surface area contributed by atoms with Crippen molar-refractivity contribution in [2.24, 2.45) is 0 Å². The predicted octanol–water partition coefficient (Wildman–Crippen LogP) is 4.24. The summed E-state index contributed by atoms with van der Waals surface area (Å²) in [6.45, 7) is 7.09. The molecule has 0 bridgehead atoms. The Kier molecular flexibility index (Phi) is 7.13. The van der Waals surface area contributed by atoms with E-state index in [4.69, 9.17) is 4.74 Å². The van der Waals surface area contributed by atoms with E-state index >= 15 is 0 Å². The molecule has 1 aromatic heterocycles. The number of sulfonamides is 1. The molecule has 0 aliphatic heterocycles. The van der Waals surface area contributed by atoms with E-state index in [9.17, 15) is 18.0 Å². The summed E-state index contributed by atoms with van der Waals surface area (Å²) in [5, 5.41) is 2.66. The first-order valence-electron chi connectivity index (χ1n) is 10.3. The number of rotatable bonds is 7. The molecule has 0 saturated heterocycles. The molecule has 0 aliphatic carbocycles. The van der Waals surface area contributed by atoms with Gasteiger partial charge in [-0.15, -0.1) is 0 Å². The van der Waals surface area contributed by atoms with E-state index in [1.54, 1.807) is 51.1 Å². The van der Waals surface area contributed by atoms with E-state index in [1.165, 1.54) is 18.2 Å². The highest BCUT2D eigenvalue weighted by Crippen LogP contribution is 2.24. The molecule has 9 heteroatoms. The minimum absolute atomic E-state index is 0.0450. The highest BCUT2D eigenvalue weighted by atomic mass is 32.2. The summed E-state index contributed by atoms with van der Waals surface area (Å²) in [4.78, 5) is 28.8. The van der Waals surface area contributed by atoms with Crippen LogP contribution < -0.4 is 10.0 Å². The monoisotopic (exact) mass is 467 g/mol. The third-order valence-corrected chi connectivity index (χ3v) is 6.34. The number of benzene rings is 2. The molecule has 0 spiro atoms. The number of carbonyl (C=O) groups is 2. The van der Waals surface area contributed by atoms with Gasteiger partial charge in [0.05, 0.1) is 22.8 Å². The smallest absolute Gasteiger partial charge is 0.339 e. The van der Waals surface area contributed by atoms with Gasteiger partial charge >= 0.3 is 5.97 Å². The molecule has 2 aromatic carbocycles. The maximum Gasteiger partial charge on any atom is 0.339 e. The van der Waals surface area contributed by atoms with Crippen LogP contribution >= 0.6 is 0 Å². The van der Waals surface area contributed by atoms with Gasteiger partial charge < -0.3 is 10.1 Å². The van der Waals surface area contributed by atoms with Gasteiger partial charge in [-0.1, -0.05) is 18.2 Å². The number of anilines is 2. The molecule has 0 aliphatic rings. The highest BCUT2D eigenvalue weighted by Gasteiger charge is 2.19. The van der Waals surface area contributed by atoms with Gasteiger partial charge in [-0.2, -0.15) is 0 Å². The van der Waals surface area contributed by atoms with Crippen LogP contribution in [0, 0.1) is 20.8 Å². The fourth-order valence-corrected chi connectivity index (χ4v) is 4.51. The van der Waals surface area contributed by atoms with Crippen LogP contribution in [0.2, 0.25) is 0 Å². The molecule has 0 fully saturated rings. The second-order valence-corrected chi connectivity index (χ2v) is 9.11. The van der Waals surface area contributed by atoms with Crippen molar-refractivity contribution in [3.8, 4) is 0 Å². The number of carbonyl (C=O) groups excluding carboxylic acids is 2. The third-order valence-electron chi connectivity index (χ3n) is 4.82. The number of hydrogen-bond acceptors (Lipinski definition) is 6. The lowest BCUT2D eigenvalue weighted by atomic mass is 10.1. The van der Waals surface area contributed by atoms with E-state index in [2.05, 4.69) is 15.0 Å². The number of ether oxygens (including phenoxy) is 1. The van der Waals surface area contributed by atoms with Gasteiger partial charge in [0, 0.05) is 11.4 Å². The van der Waals surface area contributed by atoms with Gasteiger partial charge in [-0.3, -0.25) is 9.52 Å². The number of aromatic nitrogens is 1. The molecule has 172 valence electrons. The fourth-order valence-electron chi connectivity index (χ4n) is 3.19. The first-order valence-corrected chi connectivity index (χ1v) is 11.8. The SMILES string of the molecule is CCOC(=O)c1ccc(C(=O)Nc2ccc(C)c(S(=O)(=O)Nc3cccc(C)c3)c2)nc1C. The Balaban J connectivity index is 1.83. The van der Waals surface area contributed by atoms with Gasteiger partial charge in [0.2, 0.25) is 0 Å². The Morgan fingerprint density at radius 1 is 0.970 bits per heavy atom. The first-order chi connectivity index (χ1) is 15.6. The van der Waals surface area contributed by atoms with Crippen molar-refractivity contribution in [1.82, 2.24) is 4.98 Å². The number of nitrogens with zero attached hydrogens (tertiary/aromatic N) is 1. The van der Waals surface area contributed by atoms with E-state index in [0.29, 0.717) is 22.6 Å². The summed E-state index contributed by atoms with van der Waals surface area (Å²) in [6, 6.07) is 14.5. The van der Waals surface area contributed by atoms with Crippen molar-refractivity contribution in [3.05, 3.63) is 82.7 Å². The summed E-state index contributed by atoms with van der Waals surface area (Å²) >= 11 is 0. The number of pyridine rings is 1. The van der Waals surface area contributed by atoms with E-state index in [0.717, 1.165) is 5.56 Å². The maximum atomic E-state index is 13.0. The molecule has 3 aromatic rings. The van der Waals surface area contributed by atoms with Crippen LogP contribution in [0.25, 0.3) is 0 Å². The van der Waals surface area contributed by atoms with Crippen LogP contribution in [0.4, 0.5) is 11.4 Å². The van der Waals surface area contributed by atoms with Gasteiger partial charge in [0.15, 0.2) is 0 Å². The van der Waals surface area contributed by atoms with Gasteiger partial charge in [-0.05, 0) is 75.2 Å². The molecule has 1 heterocycles. The number of esters is 1.